The Morgan fingerprint density at radius 3 is 2.88 bits per heavy atom. The molecule has 2 aromatic rings. The number of hydrogen-bond acceptors (Lipinski definition) is 5. The van der Waals surface area contributed by atoms with Gasteiger partial charge in [-0.15, -0.1) is 0 Å². The predicted molar refractivity (Wildman–Crippen MR) is 104 cm³/mol. The van der Waals surface area contributed by atoms with Crippen LogP contribution in [0.25, 0.3) is 10.8 Å². The topological polar surface area (TPSA) is 69.1 Å². The van der Waals surface area contributed by atoms with Crippen molar-refractivity contribution in [3.05, 3.63) is 42.0 Å². The van der Waals surface area contributed by atoms with E-state index < -0.39 is 0 Å². The maximum absolute atomic E-state index is 10.1. The highest BCUT2D eigenvalue weighted by Gasteiger charge is 2.09. The molecule has 6 nitrogen and oxygen atoms in total. The zero-order valence-electron chi connectivity index (χ0n) is 13.9. The summed E-state index contributed by atoms with van der Waals surface area (Å²) < 4.78 is 5.32. The van der Waals surface area contributed by atoms with Crippen LogP contribution >= 0.6 is 12.2 Å². The average molecular weight is 358 g/mol. The van der Waals surface area contributed by atoms with Crippen LogP contribution in [0.2, 0.25) is 0 Å². The van der Waals surface area contributed by atoms with Gasteiger partial charge in [-0.2, -0.15) is 5.10 Å². The van der Waals surface area contributed by atoms with Gasteiger partial charge in [0.1, 0.15) is 5.75 Å². The summed E-state index contributed by atoms with van der Waals surface area (Å²) in [5.41, 5.74) is 3.46. The minimum absolute atomic E-state index is 0.190. The summed E-state index contributed by atoms with van der Waals surface area (Å²) in [6.45, 7) is 5.17. The zero-order valence-corrected chi connectivity index (χ0v) is 14.8. The van der Waals surface area contributed by atoms with Crippen LogP contribution in [0.1, 0.15) is 5.56 Å². The van der Waals surface area contributed by atoms with Crippen molar-refractivity contribution in [3.8, 4) is 5.75 Å². The number of nitrogens with one attached hydrogen (secondary N) is 2. The Morgan fingerprint density at radius 1 is 1.24 bits per heavy atom. The van der Waals surface area contributed by atoms with Crippen LogP contribution in [0.3, 0.4) is 0 Å². The molecule has 0 aromatic heterocycles. The molecule has 2 aromatic carbocycles. The van der Waals surface area contributed by atoms with Gasteiger partial charge in [0.25, 0.3) is 0 Å². The molecule has 132 valence electrons. The fourth-order valence-electron chi connectivity index (χ4n) is 2.77. The van der Waals surface area contributed by atoms with Crippen LogP contribution in [-0.4, -0.2) is 60.7 Å². The summed E-state index contributed by atoms with van der Waals surface area (Å²) in [5.74, 6) is 0.190. The third-order valence-corrected chi connectivity index (χ3v) is 4.36. The Hall–Kier alpha value is -2.22. The Kier molecular flexibility index (Phi) is 6.16. The number of nitrogens with zero attached hydrogens (tertiary/aromatic N) is 2. The highest BCUT2D eigenvalue weighted by atomic mass is 32.1. The first-order valence-corrected chi connectivity index (χ1v) is 8.72. The highest BCUT2D eigenvalue weighted by molar-refractivity contribution is 7.80. The lowest BCUT2D eigenvalue weighted by molar-refractivity contribution is 0.0389. The molecule has 0 aliphatic carbocycles. The fraction of sp³-hybridized carbons (Fsp3) is 0.333. The van der Waals surface area contributed by atoms with Gasteiger partial charge in [0.15, 0.2) is 5.11 Å². The predicted octanol–water partition coefficient (Wildman–Crippen LogP) is 1.68. The highest BCUT2D eigenvalue weighted by Crippen LogP contribution is 2.25. The van der Waals surface area contributed by atoms with Crippen molar-refractivity contribution in [1.82, 2.24) is 15.6 Å². The standard InChI is InChI=1S/C18H22N4O2S/c23-17-6-5-14-3-1-2-4-15(14)16(17)13-20-21-18(25)19-7-8-22-9-11-24-12-10-22/h1-6,13,23H,7-12H2,(H2,19,21,25)/b20-13+. The maximum atomic E-state index is 10.1. The summed E-state index contributed by atoms with van der Waals surface area (Å²) in [7, 11) is 0. The Labute approximate surface area is 152 Å². The molecule has 0 atom stereocenters. The Balaban J connectivity index is 1.51. The summed E-state index contributed by atoms with van der Waals surface area (Å²) in [4.78, 5) is 2.33. The molecule has 3 N–H and O–H groups in total. The smallest absolute Gasteiger partial charge is 0.187 e. The lowest BCUT2D eigenvalue weighted by atomic mass is 10.0. The number of rotatable bonds is 5. The summed E-state index contributed by atoms with van der Waals surface area (Å²) in [6.07, 6.45) is 1.59. The van der Waals surface area contributed by atoms with E-state index in [4.69, 9.17) is 17.0 Å². The van der Waals surface area contributed by atoms with E-state index in [-0.39, 0.29) is 5.75 Å². The first kappa shape index (κ1) is 17.6. The van der Waals surface area contributed by atoms with Gasteiger partial charge >= 0.3 is 0 Å². The number of ether oxygens (including phenoxy) is 1. The Morgan fingerprint density at radius 2 is 2.04 bits per heavy atom. The number of fused-ring (bicyclic) bond motifs is 1. The molecule has 3 rings (SSSR count). The van der Waals surface area contributed by atoms with E-state index in [2.05, 4.69) is 20.7 Å². The lowest BCUT2D eigenvalue weighted by Crippen LogP contribution is -2.42. The molecule has 0 unspecified atom stereocenters. The number of hydrogen-bond donors (Lipinski definition) is 3. The van der Waals surface area contributed by atoms with E-state index in [1.165, 1.54) is 0 Å². The SMILES string of the molecule is Oc1ccc2ccccc2c1/C=N/NC(=S)NCCN1CCOCC1. The van der Waals surface area contributed by atoms with Crippen LogP contribution in [-0.2, 0) is 4.74 Å². The number of phenolic OH excluding ortho intramolecular Hbond substituents is 1. The zero-order chi connectivity index (χ0) is 17.5. The molecule has 1 saturated heterocycles. The third kappa shape index (κ3) is 4.88. The molecule has 7 heteroatoms. The number of aromatic hydroxyl groups is 1. The monoisotopic (exact) mass is 358 g/mol. The van der Waals surface area contributed by atoms with Gasteiger partial charge in [-0.25, -0.2) is 0 Å². The van der Waals surface area contributed by atoms with Crippen LogP contribution in [0.5, 0.6) is 5.75 Å². The third-order valence-electron chi connectivity index (χ3n) is 4.12. The van der Waals surface area contributed by atoms with Crippen LogP contribution in [0.4, 0.5) is 0 Å². The minimum atomic E-state index is 0.190. The summed E-state index contributed by atoms with van der Waals surface area (Å²) in [5, 5.41) is 19.8. The van der Waals surface area contributed by atoms with E-state index in [0.29, 0.717) is 10.7 Å². The second-order valence-corrected chi connectivity index (χ2v) is 6.21. The molecule has 1 fully saturated rings. The van der Waals surface area contributed by atoms with Crippen molar-refractivity contribution in [2.45, 2.75) is 0 Å². The molecule has 1 aliphatic rings. The second kappa shape index (κ2) is 8.75. The van der Waals surface area contributed by atoms with Gasteiger partial charge in [-0.05, 0) is 29.1 Å². The molecule has 0 saturated carbocycles. The van der Waals surface area contributed by atoms with Gasteiger partial charge in [0.05, 0.1) is 19.4 Å². The maximum Gasteiger partial charge on any atom is 0.187 e. The van der Waals surface area contributed by atoms with Crippen molar-refractivity contribution in [2.24, 2.45) is 5.10 Å². The van der Waals surface area contributed by atoms with Gasteiger partial charge in [-0.1, -0.05) is 30.3 Å². The summed E-state index contributed by atoms with van der Waals surface area (Å²) in [6, 6.07) is 11.4. The van der Waals surface area contributed by atoms with Crippen LogP contribution in [0, 0.1) is 0 Å². The quantitative estimate of drug-likeness (QED) is 0.429. The van der Waals surface area contributed by atoms with Crippen molar-refractivity contribution in [1.29, 1.82) is 0 Å². The number of phenols is 1. The first-order chi connectivity index (χ1) is 12.2. The molecule has 25 heavy (non-hydrogen) atoms. The van der Waals surface area contributed by atoms with E-state index in [0.717, 1.165) is 50.2 Å². The minimum Gasteiger partial charge on any atom is -0.507 e. The van der Waals surface area contributed by atoms with E-state index >= 15 is 0 Å². The van der Waals surface area contributed by atoms with Crippen LogP contribution < -0.4 is 10.7 Å². The fourth-order valence-corrected chi connectivity index (χ4v) is 2.92. The van der Waals surface area contributed by atoms with Crippen molar-refractivity contribution in [3.63, 3.8) is 0 Å². The van der Waals surface area contributed by atoms with Gasteiger partial charge in [-0.3, -0.25) is 10.3 Å². The molecule has 0 amide bonds. The van der Waals surface area contributed by atoms with E-state index in [1.807, 2.05) is 30.3 Å². The molecule has 1 aliphatic heterocycles. The second-order valence-electron chi connectivity index (χ2n) is 5.80. The average Bonchev–Trinajstić information content (AvgIpc) is 2.64. The van der Waals surface area contributed by atoms with Gasteiger partial charge < -0.3 is 15.2 Å². The van der Waals surface area contributed by atoms with Crippen molar-refractivity contribution >= 4 is 34.3 Å². The number of thiocarbonyl (C=S) groups is 1. The molecule has 1 heterocycles. The van der Waals surface area contributed by atoms with Gasteiger partial charge in [0.2, 0.25) is 0 Å². The molecule has 0 spiro atoms. The first-order valence-electron chi connectivity index (χ1n) is 8.32. The molecule has 0 bridgehead atoms. The van der Waals surface area contributed by atoms with E-state index in [9.17, 15) is 5.11 Å². The normalized spacial score (nSPS) is 15.5. The van der Waals surface area contributed by atoms with Gasteiger partial charge in [0, 0.05) is 31.7 Å². The largest absolute Gasteiger partial charge is 0.507 e. The van der Waals surface area contributed by atoms with Crippen LogP contribution in [0.15, 0.2) is 41.5 Å². The number of morpholine rings is 1. The number of hydrazone groups is 1. The molecular formula is C18H22N4O2S. The van der Waals surface area contributed by atoms with E-state index in [1.54, 1.807) is 12.3 Å². The molecular weight excluding hydrogens is 336 g/mol. The molecule has 0 radical (unpaired) electrons. The Bertz CT molecular complexity index is 760. The van der Waals surface area contributed by atoms with Crippen molar-refractivity contribution in [2.75, 3.05) is 39.4 Å². The number of benzene rings is 2. The van der Waals surface area contributed by atoms with Crippen molar-refractivity contribution < 1.29 is 9.84 Å². The summed E-state index contributed by atoms with van der Waals surface area (Å²) >= 11 is 5.22. The lowest BCUT2D eigenvalue weighted by Gasteiger charge is -2.26.